The summed E-state index contributed by atoms with van der Waals surface area (Å²) in [6.45, 7) is 1.95. The van der Waals surface area contributed by atoms with E-state index in [9.17, 15) is 14.7 Å². The van der Waals surface area contributed by atoms with Gasteiger partial charge < -0.3 is 10.1 Å². The van der Waals surface area contributed by atoms with Crippen molar-refractivity contribution in [1.82, 2.24) is 9.97 Å². The number of carbonyl (C=O) groups is 2. The summed E-state index contributed by atoms with van der Waals surface area (Å²) in [5.41, 5.74) is 3.30. The van der Waals surface area contributed by atoms with Gasteiger partial charge >= 0.3 is 5.91 Å². The molecule has 2 N–H and O–H groups in total. The van der Waals surface area contributed by atoms with Gasteiger partial charge in [0.25, 0.3) is 5.78 Å². The number of hydrogen-bond acceptors (Lipinski definition) is 4. The molecule has 1 saturated heterocycles. The van der Waals surface area contributed by atoms with E-state index in [1.165, 1.54) is 17.0 Å². The lowest BCUT2D eigenvalue weighted by molar-refractivity contribution is -0.132. The van der Waals surface area contributed by atoms with Gasteiger partial charge in [0.15, 0.2) is 0 Å². The van der Waals surface area contributed by atoms with Crippen LogP contribution in [0.3, 0.4) is 0 Å². The van der Waals surface area contributed by atoms with E-state index in [1.807, 2.05) is 31.2 Å². The number of benzene rings is 3. The Kier molecular flexibility index (Phi) is 5.19. The van der Waals surface area contributed by atoms with E-state index in [0.717, 1.165) is 11.1 Å². The molecule has 1 fully saturated rings. The van der Waals surface area contributed by atoms with Gasteiger partial charge in [-0.2, -0.15) is 0 Å². The maximum absolute atomic E-state index is 13.2. The van der Waals surface area contributed by atoms with E-state index >= 15 is 0 Å². The second-order valence-electron chi connectivity index (χ2n) is 7.79. The molecule has 6 nitrogen and oxygen atoms in total. The number of aryl methyl sites for hydroxylation is 1. The molecule has 2 heterocycles. The smallest absolute Gasteiger partial charge is 0.302 e. The maximum atomic E-state index is 13.2. The van der Waals surface area contributed by atoms with Crippen molar-refractivity contribution < 1.29 is 14.7 Å². The minimum absolute atomic E-state index is 0.0544. The Hall–Kier alpha value is -3.61. The van der Waals surface area contributed by atoms with Gasteiger partial charge in [0.2, 0.25) is 5.95 Å². The number of carbonyl (C=O) groups excluding carboxylic acids is 2. The summed E-state index contributed by atoms with van der Waals surface area (Å²) < 4.78 is 0. The number of aliphatic hydroxyl groups is 1. The van der Waals surface area contributed by atoms with Crippen LogP contribution in [0, 0.1) is 6.92 Å². The number of halogens is 2. The SMILES string of the molecule is Cc1ccc2nc(N3C(=O)C(=O)/C(=C(/O)c4ccc(Cl)c(Cl)c4)C3c3ccccc3)[nH]c2c1. The molecule has 0 radical (unpaired) electrons. The number of H-pyrrole nitrogens is 1. The Morgan fingerprint density at radius 3 is 2.48 bits per heavy atom. The molecule has 164 valence electrons. The molecule has 33 heavy (non-hydrogen) atoms. The number of aromatic nitrogens is 2. The first-order chi connectivity index (χ1) is 15.8. The highest BCUT2D eigenvalue weighted by atomic mass is 35.5. The number of hydrogen-bond donors (Lipinski definition) is 2. The zero-order chi connectivity index (χ0) is 23.3. The molecule has 1 atom stereocenters. The summed E-state index contributed by atoms with van der Waals surface area (Å²) in [7, 11) is 0. The van der Waals surface area contributed by atoms with Crippen LogP contribution in [0.1, 0.15) is 22.7 Å². The van der Waals surface area contributed by atoms with Crippen LogP contribution in [-0.2, 0) is 9.59 Å². The molecule has 5 rings (SSSR count). The van der Waals surface area contributed by atoms with E-state index in [-0.39, 0.29) is 27.9 Å². The largest absolute Gasteiger partial charge is 0.507 e. The van der Waals surface area contributed by atoms with Crippen molar-refractivity contribution in [3.63, 3.8) is 0 Å². The highest BCUT2D eigenvalue weighted by molar-refractivity contribution is 6.51. The van der Waals surface area contributed by atoms with Crippen LogP contribution in [0.5, 0.6) is 0 Å². The fourth-order valence-corrected chi connectivity index (χ4v) is 4.32. The number of amides is 1. The Bertz CT molecular complexity index is 1460. The van der Waals surface area contributed by atoms with Crippen LogP contribution in [-0.4, -0.2) is 26.8 Å². The van der Waals surface area contributed by atoms with Gasteiger partial charge in [-0.3, -0.25) is 14.5 Å². The van der Waals surface area contributed by atoms with Gasteiger partial charge in [0.05, 0.1) is 32.7 Å². The van der Waals surface area contributed by atoms with Gasteiger partial charge in [-0.15, -0.1) is 0 Å². The predicted molar refractivity (Wildman–Crippen MR) is 129 cm³/mol. The quantitative estimate of drug-likeness (QED) is 0.221. The highest BCUT2D eigenvalue weighted by Crippen LogP contribution is 2.42. The summed E-state index contributed by atoms with van der Waals surface area (Å²) >= 11 is 12.1. The second kappa shape index (κ2) is 8.06. The number of rotatable bonds is 3. The summed E-state index contributed by atoms with van der Waals surface area (Å²) in [6, 6.07) is 18.3. The monoisotopic (exact) mass is 477 g/mol. The van der Waals surface area contributed by atoms with Crippen molar-refractivity contribution in [1.29, 1.82) is 0 Å². The Labute approximate surface area is 199 Å². The lowest BCUT2D eigenvalue weighted by Crippen LogP contribution is -2.30. The van der Waals surface area contributed by atoms with Crippen LogP contribution in [0.15, 0.2) is 72.3 Å². The Morgan fingerprint density at radius 1 is 1.00 bits per heavy atom. The number of aliphatic hydroxyl groups excluding tert-OH is 1. The van der Waals surface area contributed by atoms with Crippen molar-refractivity contribution in [2.75, 3.05) is 4.90 Å². The molecule has 3 aromatic carbocycles. The van der Waals surface area contributed by atoms with E-state index < -0.39 is 17.7 Å². The first kappa shape index (κ1) is 21.2. The minimum Gasteiger partial charge on any atom is -0.507 e. The van der Waals surface area contributed by atoms with Crippen molar-refractivity contribution in [3.05, 3.63) is 99.0 Å². The Balaban J connectivity index is 1.73. The number of nitrogens with zero attached hydrogens (tertiary/aromatic N) is 2. The molecule has 1 aromatic heterocycles. The number of imidazole rings is 1. The van der Waals surface area contributed by atoms with Crippen molar-refractivity contribution >= 4 is 57.6 Å². The van der Waals surface area contributed by atoms with Crippen LogP contribution in [0.4, 0.5) is 5.95 Å². The van der Waals surface area contributed by atoms with Crippen LogP contribution >= 0.6 is 23.2 Å². The van der Waals surface area contributed by atoms with E-state index in [0.29, 0.717) is 16.1 Å². The number of anilines is 1. The fourth-order valence-electron chi connectivity index (χ4n) is 4.02. The molecule has 4 aromatic rings. The number of nitrogens with one attached hydrogen (secondary N) is 1. The van der Waals surface area contributed by atoms with Crippen molar-refractivity contribution in [3.8, 4) is 0 Å². The molecule has 0 spiro atoms. The van der Waals surface area contributed by atoms with Gasteiger partial charge in [0, 0.05) is 5.56 Å². The summed E-state index contributed by atoms with van der Waals surface area (Å²) in [4.78, 5) is 35.4. The molecule has 1 aliphatic heterocycles. The molecule has 8 heteroatoms. The van der Waals surface area contributed by atoms with E-state index in [2.05, 4.69) is 9.97 Å². The third-order valence-corrected chi connectivity index (χ3v) is 6.34. The molecule has 0 bridgehead atoms. The zero-order valence-electron chi connectivity index (χ0n) is 17.3. The Morgan fingerprint density at radius 2 is 1.76 bits per heavy atom. The molecule has 1 amide bonds. The number of Topliss-reactive ketones (excluding diaryl/α,β-unsaturated/α-hetero) is 1. The van der Waals surface area contributed by atoms with Crippen molar-refractivity contribution in [2.24, 2.45) is 0 Å². The normalized spacial score (nSPS) is 17.8. The van der Waals surface area contributed by atoms with Crippen LogP contribution < -0.4 is 4.90 Å². The molecule has 0 saturated carbocycles. The van der Waals surface area contributed by atoms with Crippen LogP contribution in [0.25, 0.3) is 16.8 Å². The average Bonchev–Trinajstić information content (AvgIpc) is 3.33. The third-order valence-electron chi connectivity index (χ3n) is 5.61. The summed E-state index contributed by atoms with van der Waals surface area (Å²) in [5, 5.41) is 11.7. The van der Waals surface area contributed by atoms with E-state index in [1.54, 1.807) is 30.3 Å². The number of ketones is 1. The van der Waals surface area contributed by atoms with Crippen LogP contribution in [0.2, 0.25) is 10.0 Å². The first-order valence-corrected chi connectivity index (χ1v) is 10.9. The van der Waals surface area contributed by atoms with Crippen molar-refractivity contribution in [2.45, 2.75) is 13.0 Å². The van der Waals surface area contributed by atoms with Gasteiger partial charge in [0.1, 0.15) is 5.76 Å². The standard InChI is InChI=1S/C25H17Cl2N3O3/c1-13-7-10-18-19(11-13)29-25(28-18)30-21(14-5-3-2-4-6-14)20(23(32)24(30)33)22(31)15-8-9-16(26)17(27)12-15/h2-12,21,31H,1H3,(H,28,29)/b22-20+. The first-order valence-electron chi connectivity index (χ1n) is 10.1. The lowest BCUT2D eigenvalue weighted by Gasteiger charge is -2.23. The second-order valence-corrected chi connectivity index (χ2v) is 8.60. The van der Waals surface area contributed by atoms with E-state index in [4.69, 9.17) is 23.2 Å². The van der Waals surface area contributed by atoms with Gasteiger partial charge in [-0.25, -0.2) is 4.98 Å². The topological polar surface area (TPSA) is 86.3 Å². The highest BCUT2D eigenvalue weighted by Gasteiger charge is 2.48. The minimum atomic E-state index is -0.887. The summed E-state index contributed by atoms with van der Waals surface area (Å²) in [5.74, 6) is -1.72. The predicted octanol–water partition coefficient (Wildman–Crippen LogP) is 5.80. The molecule has 1 unspecified atom stereocenters. The third kappa shape index (κ3) is 3.57. The zero-order valence-corrected chi connectivity index (χ0v) is 18.9. The molecular formula is C25H17Cl2N3O3. The average molecular weight is 478 g/mol. The maximum Gasteiger partial charge on any atom is 0.302 e. The molecule has 1 aliphatic rings. The summed E-state index contributed by atoms with van der Waals surface area (Å²) in [6.07, 6.45) is 0. The number of fused-ring (bicyclic) bond motifs is 1. The lowest BCUT2D eigenvalue weighted by atomic mass is 9.95. The number of aromatic amines is 1. The fraction of sp³-hybridized carbons (Fsp3) is 0.0800. The van der Waals surface area contributed by atoms with Gasteiger partial charge in [-0.1, -0.05) is 59.6 Å². The van der Waals surface area contributed by atoms with Gasteiger partial charge in [-0.05, 0) is 48.4 Å². The molecule has 0 aliphatic carbocycles. The molecular weight excluding hydrogens is 461 g/mol.